The van der Waals surface area contributed by atoms with Crippen molar-refractivity contribution in [3.05, 3.63) is 19.3 Å². The molecule has 0 aliphatic heterocycles. The molecule has 84 valence electrons. The number of aromatic amines is 1. The maximum Gasteiger partial charge on any atom is 0.239 e. The van der Waals surface area contributed by atoms with Crippen LogP contribution in [0.25, 0.3) is 11.4 Å². The third kappa shape index (κ3) is 2.24. The maximum absolute atomic E-state index is 5.49. The van der Waals surface area contributed by atoms with Crippen molar-refractivity contribution in [2.24, 2.45) is 0 Å². The number of ether oxygens (including phenoxy) is 1. The lowest BCUT2D eigenvalue weighted by molar-refractivity contribution is 0.413. The van der Waals surface area contributed by atoms with Crippen molar-refractivity contribution in [1.82, 2.24) is 15.2 Å². The van der Waals surface area contributed by atoms with E-state index in [-0.39, 0.29) is 5.95 Å². The number of benzene rings is 1. The minimum Gasteiger partial charge on any atom is -0.495 e. The molecule has 0 saturated heterocycles. The molecule has 0 spiro atoms. The second kappa shape index (κ2) is 4.73. The van der Waals surface area contributed by atoms with Gasteiger partial charge in [-0.1, -0.05) is 0 Å². The van der Waals surface area contributed by atoms with Gasteiger partial charge in [0.1, 0.15) is 5.75 Å². The van der Waals surface area contributed by atoms with E-state index in [1.54, 1.807) is 7.11 Å². The Morgan fingerprint density at radius 1 is 1.38 bits per heavy atom. The molecule has 0 radical (unpaired) electrons. The summed E-state index contributed by atoms with van der Waals surface area (Å²) >= 11 is 4.47. The van der Waals surface area contributed by atoms with E-state index in [9.17, 15) is 0 Å². The number of nitrogens with zero attached hydrogens (tertiary/aromatic N) is 2. The summed E-state index contributed by atoms with van der Waals surface area (Å²) in [5.41, 5.74) is 6.35. The Morgan fingerprint density at radius 2 is 2.12 bits per heavy atom. The zero-order chi connectivity index (χ0) is 11.7. The van der Waals surface area contributed by atoms with Crippen LogP contribution in [0.3, 0.4) is 0 Å². The van der Waals surface area contributed by atoms with E-state index < -0.39 is 0 Å². The van der Waals surface area contributed by atoms with Crippen LogP contribution >= 0.6 is 45.2 Å². The average Bonchev–Trinajstić information content (AvgIpc) is 2.63. The highest BCUT2D eigenvalue weighted by Gasteiger charge is 2.14. The molecule has 1 heterocycles. The normalized spacial score (nSPS) is 10.4. The molecule has 0 aliphatic rings. The number of halogens is 2. The van der Waals surface area contributed by atoms with E-state index in [1.165, 1.54) is 0 Å². The summed E-state index contributed by atoms with van der Waals surface area (Å²) in [4.78, 5) is 4.10. The summed E-state index contributed by atoms with van der Waals surface area (Å²) in [6.45, 7) is 0. The SMILES string of the molecule is COc1c(I)cc(I)cc1-c1nc(N)n[nH]1. The van der Waals surface area contributed by atoms with Gasteiger partial charge in [0.05, 0.1) is 16.2 Å². The van der Waals surface area contributed by atoms with Crippen LogP contribution in [0.1, 0.15) is 0 Å². The van der Waals surface area contributed by atoms with Crippen LogP contribution in [0.5, 0.6) is 5.75 Å². The van der Waals surface area contributed by atoms with Crippen molar-refractivity contribution < 1.29 is 4.74 Å². The molecule has 2 rings (SSSR count). The smallest absolute Gasteiger partial charge is 0.239 e. The summed E-state index contributed by atoms with van der Waals surface area (Å²) < 4.78 is 7.48. The van der Waals surface area contributed by atoms with E-state index in [1.807, 2.05) is 12.1 Å². The molecular weight excluding hydrogens is 434 g/mol. The number of hydrogen-bond donors (Lipinski definition) is 2. The lowest BCUT2D eigenvalue weighted by Gasteiger charge is -2.08. The molecule has 7 heteroatoms. The van der Waals surface area contributed by atoms with Crippen molar-refractivity contribution in [2.45, 2.75) is 0 Å². The van der Waals surface area contributed by atoms with Gasteiger partial charge in [-0.25, -0.2) is 0 Å². The van der Waals surface area contributed by atoms with Gasteiger partial charge in [-0.15, -0.1) is 5.10 Å². The van der Waals surface area contributed by atoms with Gasteiger partial charge < -0.3 is 10.5 Å². The highest BCUT2D eigenvalue weighted by atomic mass is 127. The molecule has 1 aromatic carbocycles. The lowest BCUT2D eigenvalue weighted by Crippen LogP contribution is -1.94. The molecule has 0 aliphatic carbocycles. The molecule has 0 amide bonds. The van der Waals surface area contributed by atoms with Gasteiger partial charge in [0.25, 0.3) is 0 Å². The third-order valence-corrected chi connectivity index (χ3v) is 3.39. The van der Waals surface area contributed by atoms with Crippen LogP contribution in [-0.2, 0) is 0 Å². The zero-order valence-corrected chi connectivity index (χ0v) is 12.6. The van der Waals surface area contributed by atoms with Crippen LogP contribution in [0.15, 0.2) is 12.1 Å². The first-order valence-corrected chi connectivity index (χ1v) is 6.49. The van der Waals surface area contributed by atoms with Crippen molar-refractivity contribution in [2.75, 3.05) is 12.8 Å². The Kier molecular flexibility index (Phi) is 3.52. The molecule has 5 nitrogen and oxygen atoms in total. The van der Waals surface area contributed by atoms with Gasteiger partial charge in [0, 0.05) is 3.57 Å². The van der Waals surface area contributed by atoms with Gasteiger partial charge in [0.15, 0.2) is 5.82 Å². The van der Waals surface area contributed by atoms with Crippen LogP contribution < -0.4 is 10.5 Å². The summed E-state index contributed by atoms with van der Waals surface area (Å²) in [5, 5.41) is 6.59. The number of hydrogen-bond acceptors (Lipinski definition) is 4. The number of nitrogen functional groups attached to an aromatic ring is 1. The Labute approximate surface area is 119 Å². The second-order valence-corrected chi connectivity index (χ2v) is 5.42. The molecule has 0 unspecified atom stereocenters. The first kappa shape index (κ1) is 11.9. The summed E-state index contributed by atoms with van der Waals surface area (Å²) in [5.74, 6) is 1.62. The number of nitrogens with one attached hydrogen (secondary N) is 1. The van der Waals surface area contributed by atoms with E-state index in [2.05, 4.69) is 60.4 Å². The minimum atomic E-state index is 0.228. The number of aromatic nitrogens is 3. The van der Waals surface area contributed by atoms with Gasteiger partial charge in [-0.2, -0.15) is 4.98 Å². The highest BCUT2D eigenvalue weighted by molar-refractivity contribution is 14.1. The largest absolute Gasteiger partial charge is 0.495 e. The quantitative estimate of drug-likeness (QED) is 0.701. The van der Waals surface area contributed by atoms with Crippen molar-refractivity contribution in [3.63, 3.8) is 0 Å². The number of methoxy groups -OCH3 is 1. The summed E-state index contributed by atoms with van der Waals surface area (Å²) in [6.07, 6.45) is 0. The fourth-order valence-electron chi connectivity index (χ4n) is 1.34. The van der Waals surface area contributed by atoms with Crippen LogP contribution in [0, 0.1) is 7.14 Å². The monoisotopic (exact) mass is 442 g/mol. The fraction of sp³-hybridized carbons (Fsp3) is 0.111. The van der Waals surface area contributed by atoms with Crippen LogP contribution in [0.4, 0.5) is 5.95 Å². The Morgan fingerprint density at radius 3 is 2.69 bits per heavy atom. The van der Waals surface area contributed by atoms with E-state index in [0.717, 1.165) is 18.5 Å². The summed E-state index contributed by atoms with van der Waals surface area (Å²) in [6, 6.07) is 4.00. The predicted molar refractivity (Wildman–Crippen MR) is 78.2 cm³/mol. The topological polar surface area (TPSA) is 76.8 Å². The number of H-pyrrole nitrogens is 1. The molecule has 2 aromatic rings. The predicted octanol–water partition coefficient (Wildman–Crippen LogP) is 2.27. The molecule has 0 fully saturated rings. The maximum atomic E-state index is 5.49. The molecule has 0 saturated carbocycles. The van der Waals surface area contributed by atoms with Crippen molar-refractivity contribution in [3.8, 4) is 17.1 Å². The van der Waals surface area contributed by atoms with Gasteiger partial charge in [-0.05, 0) is 57.3 Å². The molecule has 0 atom stereocenters. The molecule has 1 aromatic heterocycles. The van der Waals surface area contributed by atoms with Gasteiger partial charge in [0.2, 0.25) is 5.95 Å². The molecule has 16 heavy (non-hydrogen) atoms. The fourth-order valence-corrected chi connectivity index (χ4v) is 3.40. The molecule has 3 N–H and O–H groups in total. The zero-order valence-electron chi connectivity index (χ0n) is 8.29. The molecular formula is C9H8I2N4O. The Balaban J connectivity index is 2.63. The van der Waals surface area contributed by atoms with Gasteiger partial charge >= 0.3 is 0 Å². The lowest BCUT2D eigenvalue weighted by atomic mass is 10.2. The number of rotatable bonds is 2. The Hall–Kier alpha value is -0.580. The van der Waals surface area contributed by atoms with Gasteiger partial charge in [-0.3, -0.25) is 5.10 Å². The first-order valence-electron chi connectivity index (χ1n) is 4.33. The van der Waals surface area contributed by atoms with Crippen LogP contribution in [-0.4, -0.2) is 22.3 Å². The Bertz CT molecular complexity index is 526. The third-order valence-electron chi connectivity index (χ3n) is 1.97. The minimum absolute atomic E-state index is 0.228. The standard InChI is InChI=1S/C9H8I2N4O/c1-16-7-5(2-4(10)3-6(7)11)8-13-9(12)15-14-8/h2-3H,1H3,(H3,12,13,14,15). The van der Waals surface area contributed by atoms with Crippen molar-refractivity contribution in [1.29, 1.82) is 0 Å². The summed E-state index contributed by atoms with van der Waals surface area (Å²) in [7, 11) is 1.63. The first-order chi connectivity index (χ1) is 7.61. The van der Waals surface area contributed by atoms with E-state index >= 15 is 0 Å². The van der Waals surface area contributed by atoms with Crippen LogP contribution in [0.2, 0.25) is 0 Å². The molecule has 0 bridgehead atoms. The second-order valence-electron chi connectivity index (χ2n) is 3.01. The average molecular weight is 442 g/mol. The van der Waals surface area contributed by atoms with Crippen molar-refractivity contribution >= 4 is 51.1 Å². The van der Waals surface area contributed by atoms with E-state index in [4.69, 9.17) is 10.5 Å². The number of nitrogens with two attached hydrogens (primary N) is 1. The van der Waals surface area contributed by atoms with E-state index in [0.29, 0.717) is 5.82 Å². The highest BCUT2D eigenvalue weighted by Crippen LogP contribution is 2.34. The number of anilines is 1.